The summed E-state index contributed by atoms with van der Waals surface area (Å²) in [5, 5.41) is 10.6. The van der Waals surface area contributed by atoms with Gasteiger partial charge in [-0.05, 0) is 43.0 Å². The summed E-state index contributed by atoms with van der Waals surface area (Å²) in [6.07, 6.45) is 0.871. The maximum absolute atomic E-state index is 14.2. The van der Waals surface area contributed by atoms with Gasteiger partial charge in [-0.25, -0.2) is 8.78 Å². The van der Waals surface area contributed by atoms with Crippen molar-refractivity contribution in [3.05, 3.63) is 70.3 Å². The maximum Gasteiger partial charge on any atom is 0.135 e. The van der Waals surface area contributed by atoms with Gasteiger partial charge in [-0.2, -0.15) is 0 Å². The quantitative estimate of drug-likeness (QED) is 0.895. The molecular weight excluding hydrogens is 258 g/mol. The standard InChI is InChI=1S/C17H18F2O/c1-4-12-6-8-13(9-7-12)17(3,20)15-14(18)10-5-11(2)16(15)19/h5-10,20H,4H2,1-3H3. The third-order valence-electron chi connectivity index (χ3n) is 3.70. The van der Waals surface area contributed by atoms with Crippen molar-refractivity contribution in [1.82, 2.24) is 0 Å². The summed E-state index contributed by atoms with van der Waals surface area (Å²) in [6.45, 7) is 4.98. The zero-order valence-electron chi connectivity index (χ0n) is 11.9. The van der Waals surface area contributed by atoms with E-state index in [1.54, 1.807) is 19.1 Å². The largest absolute Gasteiger partial charge is 0.380 e. The van der Waals surface area contributed by atoms with E-state index in [1.165, 1.54) is 19.1 Å². The van der Waals surface area contributed by atoms with Crippen LogP contribution in [0.15, 0.2) is 36.4 Å². The fourth-order valence-corrected chi connectivity index (χ4v) is 2.31. The Kier molecular flexibility index (Phi) is 3.91. The molecule has 0 saturated heterocycles. The van der Waals surface area contributed by atoms with Gasteiger partial charge in [0.25, 0.3) is 0 Å². The van der Waals surface area contributed by atoms with Crippen molar-refractivity contribution in [3.8, 4) is 0 Å². The van der Waals surface area contributed by atoms with Crippen molar-refractivity contribution >= 4 is 0 Å². The Labute approximate surface area is 117 Å². The SMILES string of the molecule is CCc1ccc(C(C)(O)c2c(F)ccc(C)c2F)cc1. The van der Waals surface area contributed by atoms with Gasteiger partial charge < -0.3 is 5.11 Å². The van der Waals surface area contributed by atoms with Crippen molar-refractivity contribution in [1.29, 1.82) is 0 Å². The van der Waals surface area contributed by atoms with E-state index in [0.717, 1.165) is 12.0 Å². The van der Waals surface area contributed by atoms with Gasteiger partial charge in [-0.15, -0.1) is 0 Å². The van der Waals surface area contributed by atoms with Crippen LogP contribution in [-0.4, -0.2) is 5.11 Å². The first-order valence-electron chi connectivity index (χ1n) is 6.64. The molecule has 0 radical (unpaired) electrons. The molecule has 0 aliphatic heterocycles. The van der Waals surface area contributed by atoms with Crippen LogP contribution in [0.25, 0.3) is 0 Å². The molecule has 2 rings (SSSR count). The van der Waals surface area contributed by atoms with Crippen LogP contribution in [0.1, 0.15) is 36.1 Å². The monoisotopic (exact) mass is 276 g/mol. The smallest absolute Gasteiger partial charge is 0.135 e. The lowest BCUT2D eigenvalue weighted by atomic mass is 9.86. The van der Waals surface area contributed by atoms with Crippen LogP contribution in [-0.2, 0) is 12.0 Å². The fraction of sp³-hybridized carbons (Fsp3) is 0.294. The molecule has 0 fully saturated rings. The van der Waals surface area contributed by atoms with Crippen LogP contribution in [0.2, 0.25) is 0 Å². The molecule has 1 N–H and O–H groups in total. The molecule has 0 aliphatic carbocycles. The predicted octanol–water partition coefficient (Wildman–Crippen LogP) is 4.09. The van der Waals surface area contributed by atoms with Crippen LogP contribution < -0.4 is 0 Å². The van der Waals surface area contributed by atoms with Gasteiger partial charge in [-0.1, -0.05) is 37.3 Å². The first-order valence-corrected chi connectivity index (χ1v) is 6.64. The normalized spacial score (nSPS) is 14.1. The highest BCUT2D eigenvalue weighted by molar-refractivity contribution is 5.40. The number of aryl methyl sites for hydroxylation is 2. The van der Waals surface area contributed by atoms with E-state index in [1.807, 2.05) is 19.1 Å². The van der Waals surface area contributed by atoms with E-state index in [9.17, 15) is 13.9 Å². The fourth-order valence-electron chi connectivity index (χ4n) is 2.31. The third-order valence-corrected chi connectivity index (χ3v) is 3.70. The van der Waals surface area contributed by atoms with Gasteiger partial charge in [0, 0.05) is 0 Å². The summed E-state index contributed by atoms with van der Waals surface area (Å²) in [5.74, 6) is -1.44. The summed E-state index contributed by atoms with van der Waals surface area (Å²) in [4.78, 5) is 0. The minimum absolute atomic E-state index is 0.304. The van der Waals surface area contributed by atoms with Crippen molar-refractivity contribution in [2.75, 3.05) is 0 Å². The zero-order valence-corrected chi connectivity index (χ0v) is 11.9. The lowest BCUT2D eigenvalue weighted by molar-refractivity contribution is 0.0932. The molecule has 0 amide bonds. The zero-order chi connectivity index (χ0) is 14.9. The van der Waals surface area contributed by atoms with E-state index in [2.05, 4.69) is 0 Å². The molecule has 3 heteroatoms. The molecule has 1 atom stereocenters. The van der Waals surface area contributed by atoms with Gasteiger partial charge in [0.05, 0.1) is 5.56 Å². The highest BCUT2D eigenvalue weighted by Crippen LogP contribution is 2.34. The number of halogens is 2. The van der Waals surface area contributed by atoms with Crippen molar-refractivity contribution in [3.63, 3.8) is 0 Å². The molecule has 0 aliphatic rings. The number of hydrogen-bond donors (Lipinski definition) is 1. The van der Waals surface area contributed by atoms with Crippen molar-refractivity contribution in [2.24, 2.45) is 0 Å². The summed E-state index contributed by atoms with van der Waals surface area (Å²) in [7, 11) is 0. The Balaban J connectivity index is 2.56. The van der Waals surface area contributed by atoms with Gasteiger partial charge >= 0.3 is 0 Å². The molecule has 2 aromatic carbocycles. The van der Waals surface area contributed by atoms with Crippen LogP contribution in [0.3, 0.4) is 0 Å². The van der Waals surface area contributed by atoms with Crippen LogP contribution >= 0.6 is 0 Å². The summed E-state index contributed by atoms with van der Waals surface area (Å²) >= 11 is 0. The third kappa shape index (κ3) is 2.46. The van der Waals surface area contributed by atoms with Crippen molar-refractivity contribution in [2.45, 2.75) is 32.8 Å². The molecule has 2 aromatic rings. The Bertz CT molecular complexity index is 616. The van der Waals surface area contributed by atoms with Gasteiger partial charge in [-0.3, -0.25) is 0 Å². The summed E-state index contributed by atoms with van der Waals surface area (Å²) < 4.78 is 28.1. The topological polar surface area (TPSA) is 20.2 Å². The molecule has 1 unspecified atom stereocenters. The second-order valence-electron chi connectivity index (χ2n) is 5.18. The van der Waals surface area contributed by atoms with Gasteiger partial charge in [0.2, 0.25) is 0 Å². The Morgan fingerprint density at radius 2 is 1.65 bits per heavy atom. The number of aliphatic hydroxyl groups is 1. The molecule has 0 saturated carbocycles. The van der Waals surface area contributed by atoms with E-state index in [-0.39, 0.29) is 5.56 Å². The second-order valence-corrected chi connectivity index (χ2v) is 5.18. The predicted molar refractivity (Wildman–Crippen MR) is 75.6 cm³/mol. The van der Waals surface area contributed by atoms with Crippen molar-refractivity contribution < 1.29 is 13.9 Å². The Hall–Kier alpha value is -1.74. The Morgan fingerprint density at radius 1 is 1.05 bits per heavy atom. The minimum Gasteiger partial charge on any atom is -0.380 e. The molecule has 0 spiro atoms. The average molecular weight is 276 g/mol. The van der Waals surface area contributed by atoms with E-state index in [4.69, 9.17) is 0 Å². The molecule has 0 bridgehead atoms. The minimum atomic E-state index is -1.70. The Morgan fingerprint density at radius 3 is 2.20 bits per heavy atom. The first kappa shape index (κ1) is 14.7. The summed E-state index contributed by atoms with van der Waals surface area (Å²) in [5.41, 5.74) is -0.117. The van der Waals surface area contributed by atoms with E-state index in [0.29, 0.717) is 11.1 Å². The molecule has 0 heterocycles. The van der Waals surface area contributed by atoms with E-state index >= 15 is 0 Å². The number of rotatable bonds is 3. The molecule has 0 aromatic heterocycles. The second kappa shape index (κ2) is 5.33. The average Bonchev–Trinajstić information content (AvgIpc) is 2.43. The lowest BCUT2D eigenvalue weighted by Gasteiger charge is -2.26. The summed E-state index contributed by atoms with van der Waals surface area (Å²) in [6, 6.07) is 9.68. The molecular formula is C17H18F2O. The molecule has 1 nitrogen and oxygen atoms in total. The highest BCUT2D eigenvalue weighted by atomic mass is 19.1. The first-order chi connectivity index (χ1) is 9.37. The molecule has 106 valence electrons. The van der Waals surface area contributed by atoms with Crippen LogP contribution in [0, 0.1) is 18.6 Å². The lowest BCUT2D eigenvalue weighted by Crippen LogP contribution is -2.26. The number of hydrogen-bond acceptors (Lipinski definition) is 1. The van der Waals surface area contributed by atoms with Gasteiger partial charge in [0.1, 0.15) is 17.2 Å². The van der Waals surface area contributed by atoms with Gasteiger partial charge in [0.15, 0.2) is 0 Å². The molecule has 20 heavy (non-hydrogen) atoms. The van der Waals surface area contributed by atoms with E-state index < -0.39 is 17.2 Å². The highest BCUT2D eigenvalue weighted by Gasteiger charge is 2.32. The maximum atomic E-state index is 14.2. The van der Waals surface area contributed by atoms with Crippen LogP contribution in [0.4, 0.5) is 8.78 Å². The number of benzene rings is 2. The van der Waals surface area contributed by atoms with Crippen LogP contribution in [0.5, 0.6) is 0 Å².